The zero-order valence-corrected chi connectivity index (χ0v) is 16.9. The molecule has 0 N–H and O–H groups in total. The monoisotopic (exact) mass is 433 g/mol. The Morgan fingerprint density at radius 3 is 2.57 bits per heavy atom. The molecule has 2 saturated heterocycles. The Bertz CT molecular complexity index is 928. The number of hydrogen-bond acceptors (Lipinski definition) is 6. The molecule has 2 aromatic rings. The number of fused-ring (bicyclic) bond motifs is 2. The van der Waals surface area contributed by atoms with Gasteiger partial charge in [0, 0.05) is 18.2 Å². The van der Waals surface area contributed by atoms with Gasteiger partial charge in [-0.05, 0) is 55.7 Å². The zero-order chi connectivity index (χ0) is 21.3. The van der Waals surface area contributed by atoms with Crippen molar-refractivity contribution in [3.63, 3.8) is 0 Å². The van der Waals surface area contributed by atoms with Crippen molar-refractivity contribution in [3.8, 4) is 5.88 Å². The van der Waals surface area contributed by atoms with Gasteiger partial charge in [0.15, 0.2) is 6.29 Å². The van der Waals surface area contributed by atoms with Gasteiger partial charge in [-0.25, -0.2) is 9.37 Å². The number of aldehydes is 1. The first-order valence-electron chi connectivity index (χ1n) is 9.88. The van der Waals surface area contributed by atoms with Gasteiger partial charge in [-0.15, -0.1) is 0 Å². The minimum atomic E-state index is -0.943. The zero-order valence-electron chi connectivity index (χ0n) is 16.1. The quantitative estimate of drug-likeness (QED) is 0.370. The highest BCUT2D eigenvalue weighted by atomic mass is 35.5. The van der Waals surface area contributed by atoms with Gasteiger partial charge in [-0.1, -0.05) is 23.7 Å². The van der Waals surface area contributed by atoms with E-state index in [4.69, 9.17) is 16.3 Å². The molecule has 30 heavy (non-hydrogen) atoms. The summed E-state index contributed by atoms with van der Waals surface area (Å²) < 4.78 is 18.9. The average molecular weight is 434 g/mol. The molecule has 0 spiro atoms. The molecule has 7 nitrogen and oxygen atoms in total. The summed E-state index contributed by atoms with van der Waals surface area (Å²) >= 11 is 5.80. The Morgan fingerprint density at radius 2 is 1.97 bits per heavy atom. The lowest BCUT2D eigenvalue weighted by Crippen LogP contribution is -2.52. The molecule has 2 bridgehead atoms. The number of carbonyl (C=O) groups is 1. The molecule has 2 aliphatic rings. The number of aromatic nitrogens is 1. The number of rotatable bonds is 7. The van der Waals surface area contributed by atoms with Crippen molar-refractivity contribution in [2.45, 2.75) is 50.4 Å². The maximum atomic E-state index is 13.1. The van der Waals surface area contributed by atoms with Crippen molar-refractivity contribution >= 4 is 23.6 Å². The molecule has 2 fully saturated rings. The third kappa shape index (κ3) is 4.29. The van der Waals surface area contributed by atoms with Crippen LogP contribution in [0.3, 0.4) is 0 Å². The molecular formula is C21H21ClFN3O4. The number of ether oxygens (including phenoxy) is 1. The van der Waals surface area contributed by atoms with Crippen LogP contribution < -0.4 is 4.74 Å². The Morgan fingerprint density at radius 1 is 1.30 bits per heavy atom. The van der Waals surface area contributed by atoms with Crippen LogP contribution in [-0.2, 0) is 11.2 Å². The Hall–Kier alpha value is -2.58. The lowest BCUT2D eigenvalue weighted by molar-refractivity contribution is -0.386. The van der Waals surface area contributed by atoms with Gasteiger partial charge in [0.25, 0.3) is 5.88 Å². The van der Waals surface area contributed by atoms with Crippen LogP contribution in [0.5, 0.6) is 5.88 Å². The normalized spacial score (nSPS) is 24.4. The van der Waals surface area contributed by atoms with Crippen molar-refractivity contribution in [2.75, 3.05) is 0 Å². The van der Waals surface area contributed by atoms with Crippen LogP contribution in [0.25, 0.3) is 0 Å². The Kier molecular flexibility index (Phi) is 5.97. The van der Waals surface area contributed by atoms with Gasteiger partial charge >= 0.3 is 5.69 Å². The van der Waals surface area contributed by atoms with Crippen molar-refractivity contribution in [1.29, 1.82) is 0 Å². The minimum absolute atomic E-state index is 0.124. The van der Waals surface area contributed by atoms with E-state index in [0.717, 1.165) is 43.7 Å². The van der Waals surface area contributed by atoms with Gasteiger partial charge in [0.05, 0.1) is 16.1 Å². The van der Waals surface area contributed by atoms with E-state index in [1.807, 2.05) is 17.0 Å². The lowest BCUT2D eigenvalue weighted by atomic mass is 9.85. The van der Waals surface area contributed by atoms with E-state index in [9.17, 15) is 19.3 Å². The van der Waals surface area contributed by atoms with E-state index in [2.05, 4.69) is 4.98 Å². The van der Waals surface area contributed by atoms with Gasteiger partial charge in [-0.2, -0.15) is 0 Å². The standard InChI is InChI=1S/C21H21ClFN3O4/c22-15-10-19(26(28)29)21(24-11-15)30-20(12-27)25-17-5-6-18(25)9-14(8-17)7-13-1-3-16(23)4-2-13/h1-4,10-12,14,17-18,20H,5-9H2. The first-order valence-corrected chi connectivity index (χ1v) is 10.3. The van der Waals surface area contributed by atoms with Crippen LogP contribution in [0.2, 0.25) is 5.02 Å². The third-order valence-corrected chi connectivity index (χ3v) is 6.17. The van der Waals surface area contributed by atoms with E-state index >= 15 is 0 Å². The predicted octanol–water partition coefficient (Wildman–Crippen LogP) is 4.17. The Labute approximate surface area is 178 Å². The van der Waals surface area contributed by atoms with Crippen molar-refractivity contribution in [3.05, 3.63) is 63.0 Å². The first kappa shape index (κ1) is 20.7. The van der Waals surface area contributed by atoms with Gasteiger partial charge in [0.1, 0.15) is 5.82 Å². The molecule has 0 radical (unpaired) electrons. The minimum Gasteiger partial charge on any atom is -0.446 e. The van der Waals surface area contributed by atoms with E-state index in [1.54, 1.807) is 0 Å². The maximum Gasteiger partial charge on any atom is 0.332 e. The van der Waals surface area contributed by atoms with Crippen LogP contribution in [0.1, 0.15) is 31.2 Å². The molecule has 3 heterocycles. The average Bonchev–Trinajstić information content (AvgIpc) is 2.98. The van der Waals surface area contributed by atoms with Crippen LogP contribution in [0, 0.1) is 21.8 Å². The molecule has 1 aromatic heterocycles. The molecule has 0 aliphatic carbocycles. The maximum absolute atomic E-state index is 13.1. The summed E-state index contributed by atoms with van der Waals surface area (Å²) in [4.78, 5) is 28.5. The predicted molar refractivity (Wildman–Crippen MR) is 108 cm³/mol. The highest BCUT2D eigenvalue weighted by molar-refractivity contribution is 6.30. The molecule has 3 unspecified atom stereocenters. The van der Waals surface area contributed by atoms with E-state index in [0.29, 0.717) is 12.2 Å². The highest BCUT2D eigenvalue weighted by Crippen LogP contribution is 2.41. The fraction of sp³-hybridized carbons (Fsp3) is 0.429. The summed E-state index contributed by atoms with van der Waals surface area (Å²) in [6.45, 7) is 0. The summed E-state index contributed by atoms with van der Waals surface area (Å²) in [7, 11) is 0. The number of nitro groups is 1. The van der Waals surface area contributed by atoms with Crippen molar-refractivity contribution < 1.29 is 18.8 Å². The van der Waals surface area contributed by atoms with Gasteiger partial charge in [0.2, 0.25) is 6.23 Å². The molecule has 158 valence electrons. The topological polar surface area (TPSA) is 85.6 Å². The summed E-state index contributed by atoms with van der Waals surface area (Å²) in [6.07, 6.45) is 5.50. The number of halogens is 2. The van der Waals surface area contributed by atoms with Crippen LogP contribution >= 0.6 is 11.6 Å². The molecule has 1 aromatic carbocycles. The SMILES string of the molecule is O=CC(Oc1ncc(Cl)cc1[N+](=O)[O-])N1C2CCC1CC(Cc1ccc(F)cc1)C2. The Balaban J connectivity index is 1.47. The molecule has 3 atom stereocenters. The van der Waals surface area contributed by atoms with Gasteiger partial charge in [-0.3, -0.25) is 19.8 Å². The second-order valence-electron chi connectivity index (χ2n) is 7.88. The summed E-state index contributed by atoms with van der Waals surface area (Å²) in [6, 6.07) is 8.03. The number of hydrogen-bond donors (Lipinski definition) is 0. The molecule has 2 aliphatic heterocycles. The first-order chi connectivity index (χ1) is 14.4. The van der Waals surface area contributed by atoms with E-state index in [1.165, 1.54) is 18.3 Å². The highest BCUT2D eigenvalue weighted by Gasteiger charge is 2.45. The molecule has 9 heteroatoms. The summed E-state index contributed by atoms with van der Waals surface area (Å²) in [5.41, 5.74) is 0.728. The summed E-state index contributed by atoms with van der Waals surface area (Å²) in [5.74, 6) is -0.0293. The molecule has 4 rings (SSSR count). The third-order valence-electron chi connectivity index (χ3n) is 5.96. The summed E-state index contributed by atoms with van der Waals surface area (Å²) in [5, 5.41) is 11.4. The van der Waals surface area contributed by atoms with Crippen molar-refractivity contribution in [2.24, 2.45) is 5.92 Å². The number of carbonyl (C=O) groups excluding carboxylic acids is 1. The second kappa shape index (κ2) is 8.65. The van der Waals surface area contributed by atoms with Crippen molar-refractivity contribution in [1.82, 2.24) is 9.88 Å². The molecular weight excluding hydrogens is 413 g/mol. The number of benzene rings is 1. The van der Waals surface area contributed by atoms with Crippen LogP contribution in [-0.4, -0.2) is 39.4 Å². The second-order valence-corrected chi connectivity index (χ2v) is 8.32. The van der Waals surface area contributed by atoms with E-state index < -0.39 is 11.2 Å². The molecule has 0 amide bonds. The number of piperidine rings is 1. The molecule has 0 saturated carbocycles. The largest absolute Gasteiger partial charge is 0.446 e. The van der Waals surface area contributed by atoms with Crippen LogP contribution in [0.15, 0.2) is 36.5 Å². The number of pyridine rings is 1. The van der Waals surface area contributed by atoms with Gasteiger partial charge < -0.3 is 4.74 Å². The fourth-order valence-corrected chi connectivity index (χ4v) is 4.93. The number of nitrogens with zero attached hydrogens (tertiary/aromatic N) is 3. The lowest BCUT2D eigenvalue weighted by Gasteiger charge is -2.41. The van der Waals surface area contributed by atoms with E-state index in [-0.39, 0.29) is 34.5 Å². The van der Waals surface area contributed by atoms with Crippen LogP contribution in [0.4, 0.5) is 10.1 Å². The smallest absolute Gasteiger partial charge is 0.332 e. The fourth-order valence-electron chi connectivity index (χ4n) is 4.77.